The molecule has 1 aromatic heterocycles. The zero-order valence-electron chi connectivity index (χ0n) is 15.1. The van der Waals surface area contributed by atoms with Crippen LogP contribution in [-0.2, 0) is 19.6 Å². The smallest absolute Gasteiger partial charge is 0.355 e. The minimum Gasteiger partial charge on any atom is -0.461 e. The number of ether oxygens (including phenoxy) is 1. The Labute approximate surface area is 163 Å². The number of aromatic nitrogens is 1. The topological polar surface area (TPSA) is 94.5 Å². The van der Waals surface area contributed by atoms with Gasteiger partial charge in [-0.05, 0) is 43.7 Å². The molecule has 1 N–H and O–H groups in total. The van der Waals surface area contributed by atoms with Gasteiger partial charge >= 0.3 is 5.97 Å². The fourth-order valence-corrected chi connectivity index (χ4v) is 4.15. The molecule has 0 aliphatic carbocycles. The molecule has 0 aliphatic rings. The molecule has 1 aromatic carbocycles. The summed E-state index contributed by atoms with van der Waals surface area (Å²) in [5, 5.41) is 2.79. The SMILES string of the molecule is CCCCC(=O)Nc1ccc(Cl)cc1S(=O)(=O)n1cccc1C(=O)OCC. The van der Waals surface area contributed by atoms with Gasteiger partial charge in [0.1, 0.15) is 10.6 Å². The first-order valence-electron chi connectivity index (χ1n) is 8.50. The number of amides is 1. The van der Waals surface area contributed by atoms with E-state index < -0.39 is 16.0 Å². The zero-order valence-corrected chi connectivity index (χ0v) is 16.6. The van der Waals surface area contributed by atoms with Crippen molar-refractivity contribution in [1.29, 1.82) is 0 Å². The molecule has 27 heavy (non-hydrogen) atoms. The van der Waals surface area contributed by atoms with Gasteiger partial charge in [0, 0.05) is 17.6 Å². The summed E-state index contributed by atoms with van der Waals surface area (Å²) in [6.07, 6.45) is 3.04. The lowest BCUT2D eigenvalue weighted by atomic mass is 10.2. The second-order valence-corrected chi connectivity index (χ2v) is 7.93. The summed E-state index contributed by atoms with van der Waals surface area (Å²) in [5.41, 5.74) is -0.0379. The molecule has 7 nitrogen and oxygen atoms in total. The van der Waals surface area contributed by atoms with E-state index in [1.54, 1.807) is 6.92 Å². The third kappa shape index (κ3) is 4.90. The summed E-state index contributed by atoms with van der Waals surface area (Å²) < 4.78 is 32.0. The predicted octanol–water partition coefficient (Wildman–Crippen LogP) is 3.68. The number of benzene rings is 1. The average Bonchev–Trinajstić information content (AvgIpc) is 3.12. The number of esters is 1. The molecule has 0 saturated heterocycles. The van der Waals surface area contributed by atoms with Gasteiger partial charge in [-0.25, -0.2) is 17.2 Å². The molecule has 2 aromatic rings. The fourth-order valence-electron chi connectivity index (χ4n) is 2.41. The Balaban J connectivity index is 2.48. The van der Waals surface area contributed by atoms with Crippen molar-refractivity contribution >= 4 is 39.2 Å². The van der Waals surface area contributed by atoms with E-state index in [9.17, 15) is 18.0 Å². The molecule has 1 heterocycles. The molecule has 0 radical (unpaired) electrons. The van der Waals surface area contributed by atoms with Crippen molar-refractivity contribution in [2.45, 2.75) is 38.0 Å². The standard InChI is InChI=1S/C18H21ClN2O5S/c1-3-5-8-17(22)20-14-10-9-13(19)12-16(14)27(24,25)21-11-6-7-15(21)18(23)26-4-2/h6-7,9-12H,3-5,8H2,1-2H3,(H,20,22). The third-order valence-electron chi connectivity index (χ3n) is 3.71. The van der Waals surface area contributed by atoms with Crippen LogP contribution in [-0.4, -0.2) is 30.9 Å². The monoisotopic (exact) mass is 412 g/mol. The van der Waals surface area contributed by atoms with Gasteiger partial charge in [-0.15, -0.1) is 0 Å². The van der Waals surface area contributed by atoms with Crippen LogP contribution in [0.5, 0.6) is 0 Å². The Kier molecular flexibility index (Phi) is 7.04. The van der Waals surface area contributed by atoms with Crippen molar-refractivity contribution in [3.8, 4) is 0 Å². The number of carbonyl (C=O) groups is 2. The van der Waals surface area contributed by atoms with E-state index in [1.165, 1.54) is 36.5 Å². The summed E-state index contributed by atoms with van der Waals surface area (Å²) in [6.45, 7) is 3.69. The maximum atomic E-state index is 13.1. The van der Waals surface area contributed by atoms with E-state index in [2.05, 4.69) is 5.32 Å². The number of hydrogen-bond acceptors (Lipinski definition) is 5. The summed E-state index contributed by atoms with van der Waals surface area (Å²) in [7, 11) is -4.19. The number of anilines is 1. The van der Waals surface area contributed by atoms with Crippen LogP contribution in [0.15, 0.2) is 41.4 Å². The number of carbonyl (C=O) groups excluding carboxylic acids is 2. The van der Waals surface area contributed by atoms with Gasteiger partial charge in [0.25, 0.3) is 10.0 Å². The van der Waals surface area contributed by atoms with Crippen molar-refractivity contribution in [1.82, 2.24) is 3.97 Å². The fraction of sp³-hybridized carbons (Fsp3) is 0.333. The maximum absolute atomic E-state index is 13.1. The lowest BCUT2D eigenvalue weighted by molar-refractivity contribution is -0.116. The van der Waals surface area contributed by atoms with Crippen molar-refractivity contribution < 1.29 is 22.7 Å². The van der Waals surface area contributed by atoms with Gasteiger partial charge in [-0.1, -0.05) is 24.9 Å². The van der Waals surface area contributed by atoms with Gasteiger partial charge < -0.3 is 10.1 Å². The normalized spacial score (nSPS) is 11.2. The second kappa shape index (κ2) is 9.05. The minimum absolute atomic E-state index is 0.101. The summed E-state index contributed by atoms with van der Waals surface area (Å²) in [5.74, 6) is -1.06. The quantitative estimate of drug-likeness (QED) is 0.667. The highest BCUT2D eigenvalue weighted by Crippen LogP contribution is 2.28. The van der Waals surface area contributed by atoms with Gasteiger partial charge in [0.15, 0.2) is 0 Å². The number of hydrogen-bond donors (Lipinski definition) is 1. The van der Waals surface area contributed by atoms with Crippen LogP contribution in [0.25, 0.3) is 0 Å². The van der Waals surface area contributed by atoms with Crippen LogP contribution in [0.1, 0.15) is 43.6 Å². The minimum atomic E-state index is -4.19. The summed E-state index contributed by atoms with van der Waals surface area (Å²) in [4.78, 5) is 23.9. The Bertz CT molecular complexity index is 937. The van der Waals surface area contributed by atoms with Gasteiger partial charge in [-0.2, -0.15) is 0 Å². The molecule has 0 atom stereocenters. The first-order chi connectivity index (χ1) is 12.8. The highest BCUT2D eigenvalue weighted by Gasteiger charge is 2.26. The molecular formula is C18H21ClN2O5S. The average molecular weight is 413 g/mol. The van der Waals surface area contributed by atoms with Crippen LogP contribution in [0, 0.1) is 0 Å². The summed E-state index contributed by atoms with van der Waals surface area (Å²) >= 11 is 5.98. The van der Waals surface area contributed by atoms with Crippen LogP contribution < -0.4 is 5.32 Å². The maximum Gasteiger partial charge on any atom is 0.355 e. The lowest BCUT2D eigenvalue weighted by Gasteiger charge is -2.14. The molecule has 146 valence electrons. The molecule has 0 fully saturated rings. The Morgan fingerprint density at radius 2 is 1.96 bits per heavy atom. The van der Waals surface area contributed by atoms with Gasteiger partial charge in [0.05, 0.1) is 12.3 Å². The van der Waals surface area contributed by atoms with Crippen LogP contribution in [0.3, 0.4) is 0 Å². The van der Waals surface area contributed by atoms with Crippen molar-refractivity contribution in [2.24, 2.45) is 0 Å². The summed E-state index contributed by atoms with van der Waals surface area (Å²) in [6, 6.07) is 6.92. The zero-order chi connectivity index (χ0) is 20.0. The second-order valence-electron chi connectivity index (χ2n) is 5.71. The van der Waals surface area contributed by atoms with E-state index >= 15 is 0 Å². The molecule has 0 spiro atoms. The van der Waals surface area contributed by atoms with Gasteiger partial charge in [-0.3, -0.25) is 4.79 Å². The van der Waals surface area contributed by atoms with Crippen molar-refractivity contribution in [2.75, 3.05) is 11.9 Å². The Morgan fingerprint density at radius 1 is 1.22 bits per heavy atom. The predicted molar refractivity (Wildman–Crippen MR) is 103 cm³/mol. The van der Waals surface area contributed by atoms with Gasteiger partial charge in [0.2, 0.25) is 5.91 Å². The molecule has 9 heteroatoms. The van der Waals surface area contributed by atoms with E-state index in [-0.39, 0.29) is 40.2 Å². The Morgan fingerprint density at radius 3 is 2.63 bits per heavy atom. The van der Waals surface area contributed by atoms with E-state index in [4.69, 9.17) is 16.3 Å². The molecule has 2 rings (SSSR count). The van der Waals surface area contributed by atoms with Crippen molar-refractivity contribution in [3.63, 3.8) is 0 Å². The van der Waals surface area contributed by atoms with Crippen LogP contribution >= 0.6 is 11.6 Å². The molecular weight excluding hydrogens is 392 g/mol. The Hall–Kier alpha value is -2.32. The number of nitrogens with one attached hydrogen (secondary N) is 1. The van der Waals surface area contributed by atoms with Crippen LogP contribution in [0.4, 0.5) is 5.69 Å². The number of nitrogens with zero attached hydrogens (tertiary/aromatic N) is 1. The number of unbranched alkanes of at least 4 members (excludes halogenated alkanes) is 1. The van der Waals surface area contributed by atoms with E-state index in [0.29, 0.717) is 6.42 Å². The van der Waals surface area contributed by atoms with E-state index in [1.807, 2.05) is 6.92 Å². The molecule has 0 unspecified atom stereocenters. The number of halogens is 1. The third-order valence-corrected chi connectivity index (χ3v) is 5.67. The molecule has 0 bridgehead atoms. The molecule has 1 amide bonds. The lowest BCUT2D eigenvalue weighted by Crippen LogP contribution is -2.21. The molecule has 0 saturated carbocycles. The first kappa shape index (κ1) is 21.0. The van der Waals surface area contributed by atoms with Crippen LogP contribution in [0.2, 0.25) is 5.02 Å². The highest BCUT2D eigenvalue weighted by molar-refractivity contribution is 7.90. The number of rotatable bonds is 8. The largest absolute Gasteiger partial charge is 0.461 e. The first-order valence-corrected chi connectivity index (χ1v) is 10.3. The van der Waals surface area contributed by atoms with Crippen molar-refractivity contribution in [3.05, 3.63) is 47.2 Å². The van der Waals surface area contributed by atoms with E-state index in [0.717, 1.165) is 10.4 Å². The molecule has 0 aliphatic heterocycles. The highest BCUT2D eigenvalue weighted by atomic mass is 35.5.